The Kier molecular flexibility index (Phi) is 22.4. The first kappa shape index (κ1) is 49.9. The molecule has 2 N–H and O–H groups in total. The van der Waals surface area contributed by atoms with Crippen LogP contribution in [0.25, 0.3) is 0 Å². The monoisotopic (exact) mass is 876 g/mol. The van der Waals surface area contributed by atoms with Gasteiger partial charge >= 0.3 is 11.9 Å². The average molecular weight is 878 g/mol. The van der Waals surface area contributed by atoms with Crippen molar-refractivity contribution in [2.45, 2.75) is 0 Å². The zero-order chi connectivity index (χ0) is 40.5. The predicted molar refractivity (Wildman–Crippen MR) is 227 cm³/mol. The molecule has 0 saturated heterocycles. The van der Waals surface area contributed by atoms with Crippen molar-refractivity contribution >= 4 is 68.0 Å². The van der Waals surface area contributed by atoms with Crippen molar-refractivity contribution in [2.75, 3.05) is 102 Å². The Morgan fingerprint density at radius 3 is 1.29 bits per heavy atom. The van der Waals surface area contributed by atoms with E-state index in [-0.39, 0.29) is 36.6 Å². The fourth-order valence-electron chi connectivity index (χ4n) is 5.44. The third-order valence-electron chi connectivity index (χ3n) is 8.94. The normalized spacial score (nSPS) is 11.3. The predicted octanol–water partition coefficient (Wildman–Crippen LogP) is -2.10. The van der Waals surface area contributed by atoms with Crippen LogP contribution in [0.15, 0.2) is 93.8 Å². The van der Waals surface area contributed by atoms with E-state index in [1.165, 1.54) is 0 Å². The summed E-state index contributed by atoms with van der Waals surface area (Å²) in [7, 11) is 19.1. The molecule has 16 nitrogen and oxygen atoms in total. The van der Waals surface area contributed by atoms with E-state index in [0.717, 1.165) is 72.3 Å². The lowest BCUT2D eigenvalue weighted by molar-refractivity contribution is -0.657. The second-order valence-electron chi connectivity index (χ2n) is 13.7. The van der Waals surface area contributed by atoms with E-state index in [1.54, 1.807) is 21.6 Å². The molecule has 318 valence electrons. The number of aromatic nitrogens is 4. The van der Waals surface area contributed by atoms with Crippen LogP contribution in [0.3, 0.4) is 0 Å². The summed E-state index contributed by atoms with van der Waals surface area (Å²) >= 11 is 0. The highest BCUT2D eigenvalue weighted by Crippen LogP contribution is 2.22. The molecule has 2 aromatic heterocycles. The number of aryl methyl sites for hydroxylation is 4. The summed E-state index contributed by atoms with van der Waals surface area (Å²) in [4.78, 5) is 33.3. The SMILES string of the molecule is CN(CCN(C)c1ccc(N=Nc2n(C)cc[n+]2C)cc1)CC(=O)NCCSSCCNC(=O)CN(C)CCN(C)c1ccc(N=Nc2n(C)cc[n+]2C)cc1.[Cl-].[Cl-]. The zero-order valence-electron chi connectivity index (χ0n) is 34.8. The number of nitrogens with one attached hydrogen (secondary N) is 2. The molecule has 0 bridgehead atoms. The van der Waals surface area contributed by atoms with Crippen LogP contribution in [0.5, 0.6) is 0 Å². The van der Waals surface area contributed by atoms with E-state index in [4.69, 9.17) is 0 Å². The zero-order valence-corrected chi connectivity index (χ0v) is 37.9. The molecule has 0 aliphatic rings. The number of benzene rings is 2. The fourth-order valence-corrected chi connectivity index (χ4v) is 7.25. The largest absolute Gasteiger partial charge is 1.00 e. The van der Waals surface area contributed by atoms with Crippen molar-refractivity contribution in [3.63, 3.8) is 0 Å². The van der Waals surface area contributed by atoms with Gasteiger partial charge in [0.05, 0.1) is 66.1 Å². The molecule has 4 aromatic rings. The minimum Gasteiger partial charge on any atom is -1.00 e. The fraction of sp³-hybridized carbons (Fsp3) is 0.474. The van der Waals surface area contributed by atoms with E-state index in [2.05, 4.69) is 40.9 Å². The van der Waals surface area contributed by atoms with Gasteiger partial charge in [0.1, 0.15) is 11.4 Å². The highest BCUT2D eigenvalue weighted by Gasteiger charge is 2.13. The average Bonchev–Trinajstić information content (AvgIpc) is 3.69. The minimum atomic E-state index is 0. The molecule has 0 aliphatic carbocycles. The highest BCUT2D eigenvalue weighted by molar-refractivity contribution is 8.76. The van der Waals surface area contributed by atoms with Gasteiger partial charge in [0, 0.05) is 86.5 Å². The number of rotatable bonds is 23. The van der Waals surface area contributed by atoms with Crippen LogP contribution in [0, 0.1) is 0 Å². The molecule has 0 atom stereocenters. The van der Waals surface area contributed by atoms with Gasteiger partial charge in [-0.05, 0) is 62.6 Å². The second kappa shape index (κ2) is 26.0. The van der Waals surface area contributed by atoms with E-state index < -0.39 is 0 Å². The molecule has 0 spiro atoms. The Morgan fingerprint density at radius 2 is 0.966 bits per heavy atom. The minimum absolute atomic E-state index is 0. The molecule has 2 amide bonds. The molecule has 2 heterocycles. The molecule has 0 fully saturated rings. The van der Waals surface area contributed by atoms with Gasteiger partial charge in [0.15, 0.2) is 0 Å². The summed E-state index contributed by atoms with van der Waals surface area (Å²) in [5.41, 5.74) is 3.72. The summed E-state index contributed by atoms with van der Waals surface area (Å²) < 4.78 is 7.67. The van der Waals surface area contributed by atoms with Crippen LogP contribution >= 0.6 is 21.6 Å². The third kappa shape index (κ3) is 17.0. The smallest absolute Gasteiger partial charge is 0.421 e. The Balaban J connectivity index is 0.00000580. The molecular formula is C38H58Cl2N14O2S2. The molecule has 0 radical (unpaired) electrons. The summed E-state index contributed by atoms with van der Waals surface area (Å²) in [6.45, 7) is 4.93. The molecule has 4 rings (SSSR count). The second-order valence-corrected chi connectivity index (χ2v) is 16.4. The van der Waals surface area contributed by atoms with Crippen LogP contribution in [-0.2, 0) is 37.8 Å². The van der Waals surface area contributed by atoms with Gasteiger partial charge in [0.25, 0.3) is 0 Å². The van der Waals surface area contributed by atoms with Crippen molar-refractivity contribution in [1.82, 2.24) is 29.6 Å². The number of amides is 2. The van der Waals surface area contributed by atoms with Gasteiger partial charge in [-0.3, -0.25) is 19.4 Å². The Morgan fingerprint density at radius 1 is 0.603 bits per heavy atom. The van der Waals surface area contributed by atoms with Crippen LogP contribution in [0.2, 0.25) is 0 Å². The first-order valence-electron chi connectivity index (χ1n) is 18.5. The summed E-state index contributed by atoms with van der Waals surface area (Å²) in [5.74, 6) is 3.15. The van der Waals surface area contributed by atoms with Crippen molar-refractivity contribution in [2.24, 2.45) is 48.6 Å². The number of likely N-dealkylation sites (N-methyl/N-ethyl adjacent to an activating group) is 4. The summed E-state index contributed by atoms with van der Waals surface area (Å²) in [6, 6.07) is 15.9. The van der Waals surface area contributed by atoms with E-state index in [0.29, 0.717) is 26.2 Å². The first-order chi connectivity index (χ1) is 26.9. The maximum absolute atomic E-state index is 12.5. The standard InChI is InChI=1S/C38H56N14O2S2.2ClH/c1-45(19-21-47(3)33-13-9-31(10-14-33)41-43-37-49(5)23-24-50(37)6)29-35(53)39-17-27-55-56-28-18-40-36(54)30-46(2)20-22-48(4)34-15-11-32(12-16-34)42-44-38-51(7)25-26-52(38)8;;/h9-16,23-26H,17-22,27-30H2,1-8H3;2*1H. The molecule has 2 aromatic carbocycles. The van der Waals surface area contributed by atoms with Gasteiger partial charge in [-0.15, -0.1) is 0 Å². The number of anilines is 2. The Hall–Kier alpha value is -4.20. The van der Waals surface area contributed by atoms with Crippen molar-refractivity contribution in [1.29, 1.82) is 0 Å². The maximum atomic E-state index is 12.5. The number of azo groups is 2. The lowest BCUT2D eigenvalue weighted by Crippen LogP contribution is -3.00. The van der Waals surface area contributed by atoms with Crippen LogP contribution < -0.4 is 54.4 Å². The lowest BCUT2D eigenvalue weighted by Gasteiger charge is -2.23. The molecular weight excluding hydrogens is 820 g/mol. The molecule has 0 saturated carbocycles. The summed E-state index contributed by atoms with van der Waals surface area (Å²) in [6.07, 6.45) is 7.75. The number of hydrogen-bond acceptors (Lipinski definition) is 12. The van der Waals surface area contributed by atoms with Crippen molar-refractivity contribution < 1.29 is 43.5 Å². The van der Waals surface area contributed by atoms with Crippen LogP contribution in [0.4, 0.5) is 34.6 Å². The number of hydrogen-bond donors (Lipinski definition) is 2. The Labute approximate surface area is 363 Å². The van der Waals surface area contributed by atoms with Crippen LogP contribution in [0.1, 0.15) is 0 Å². The van der Waals surface area contributed by atoms with Gasteiger partial charge in [0.2, 0.25) is 11.8 Å². The number of halogens is 2. The molecule has 0 aliphatic heterocycles. The molecule has 0 unspecified atom stereocenters. The number of carbonyl (C=O) groups is 2. The maximum Gasteiger partial charge on any atom is 0.421 e. The van der Waals surface area contributed by atoms with Gasteiger partial charge < -0.3 is 45.2 Å². The van der Waals surface area contributed by atoms with Crippen LogP contribution in [-0.4, -0.2) is 123 Å². The lowest BCUT2D eigenvalue weighted by atomic mass is 10.2. The highest BCUT2D eigenvalue weighted by atomic mass is 35.5. The third-order valence-corrected chi connectivity index (χ3v) is 11.3. The Bertz CT molecular complexity index is 1720. The number of imidazole rings is 2. The quantitative estimate of drug-likeness (QED) is 0.0375. The van der Waals surface area contributed by atoms with Gasteiger partial charge in [-0.1, -0.05) is 31.8 Å². The topological polar surface area (TPSA) is 138 Å². The van der Waals surface area contributed by atoms with Crippen molar-refractivity contribution in [3.8, 4) is 0 Å². The van der Waals surface area contributed by atoms with Gasteiger partial charge in [-0.2, -0.15) is 0 Å². The van der Waals surface area contributed by atoms with Crippen molar-refractivity contribution in [3.05, 3.63) is 73.3 Å². The van der Waals surface area contributed by atoms with Gasteiger partial charge in [-0.25, -0.2) is 18.3 Å². The number of nitrogens with zero attached hydrogens (tertiary/aromatic N) is 12. The van der Waals surface area contributed by atoms with E-state index >= 15 is 0 Å². The number of carbonyl (C=O) groups excluding carboxylic acids is 2. The van der Waals surface area contributed by atoms with E-state index in [1.807, 2.05) is 158 Å². The first-order valence-corrected chi connectivity index (χ1v) is 21.0. The molecule has 58 heavy (non-hydrogen) atoms. The molecule has 20 heteroatoms. The summed E-state index contributed by atoms with van der Waals surface area (Å²) in [5, 5.41) is 23.4. The van der Waals surface area contributed by atoms with E-state index in [9.17, 15) is 9.59 Å².